The molecule has 5 heteroatoms. The van der Waals surface area contributed by atoms with Gasteiger partial charge in [-0.05, 0) is 5.92 Å². The van der Waals surface area contributed by atoms with Crippen molar-refractivity contribution >= 4 is 11.9 Å². The van der Waals surface area contributed by atoms with Gasteiger partial charge in [-0.15, -0.1) is 0 Å². The average Bonchev–Trinajstić information content (AvgIpc) is 2.16. The molecule has 0 spiro atoms. The molecule has 0 aromatic carbocycles. The molecule has 0 fully saturated rings. The summed E-state index contributed by atoms with van der Waals surface area (Å²) in [4.78, 5) is 14.8. The lowest BCUT2D eigenvalue weighted by molar-refractivity contribution is 0.618. The van der Waals surface area contributed by atoms with Gasteiger partial charge in [0.15, 0.2) is 0 Å². The van der Waals surface area contributed by atoms with E-state index in [-0.39, 0.29) is 0 Å². The summed E-state index contributed by atoms with van der Waals surface area (Å²) in [6.45, 7) is 4.30. The quantitative estimate of drug-likeness (QED) is 0.807. The zero-order valence-electron chi connectivity index (χ0n) is 10.1. The number of rotatable bonds is 4. The van der Waals surface area contributed by atoms with Crippen LogP contribution in [-0.2, 0) is 6.42 Å². The van der Waals surface area contributed by atoms with Crippen molar-refractivity contribution in [1.29, 1.82) is 0 Å². The molecule has 0 atom stereocenters. The van der Waals surface area contributed by atoms with Crippen molar-refractivity contribution in [2.24, 2.45) is 5.92 Å². The molecule has 1 aromatic rings. The van der Waals surface area contributed by atoms with Crippen LogP contribution >= 0.6 is 0 Å². The number of hydrogen-bond acceptors (Lipinski definition) is 5. The van der Waals surface area contributed by atoms with Crippen molar-refractivity contribution in [2.45, 2.75) is 20.3 Å². The summed E-state index contributed by atoms with van der Waals surface area (Å²) >= 11 is 0. The zero-order chi connectivity index (χ0) is 11.4. The molecule has 1 aromatic heterocycles. The fourth-order valence-corrected chi connectivity index (χ4v) is 1.18. The molecule has 0 bridgehead atoms. The van der Waals surface area contributed by atoms with Gasteiger partial charge < -0.3 is 10.2 Å². The van der Waals surface area contributed by atoms with Crippen molar-refractivity contribution in [3.63, 3.8) is 0 Å². The molecule has 0 aliphatic rings. The van der Waals surface area contributed by atoms with Crippen LogP contribution in [0.25, 0.3) is 0 Å². The lowest BCUT2D eigenvalue weighted by atomic mass is 10.1. The first kappa shape index (κ1) is 11.7. The van der Waals surface area contributed by atoms with Gasteiger partial charge in [0.05, 0.1) is 0 Å². The molecule has 15 heavy (non-hydrogen) atoms. The van der Waals surface area contributed by atoms with E-state index in [1.54, 1.807) is 0 Å². The number of anilines is 2. The first-order valence-corrected chi connectivity index (χ1v) is 5.13. The van der Waals surface area contributed by atoms with Crippen LogP contribution in [-0.4, -0.2) is 36.1 Å². The van der Waals surface area contributed by atoms with Crippen molar-refractivity contribution in [3.05, 3.63) is 5.82 Å². The van der Waals surface area contributed by atoms with Gasteiger partial charge in [0.1, 0.15) is 5.82 Å². The van der Waals surface area contributed by atoms with Crippen LogP contribution in [0.4, 0.5) is 11.9 Å². The normalized spacial score (nSPS) is 10.5. The maximum atomic E-state index is 4.38. The second kappa shape index (κ2) is 4.91. The molecule has 0 saturated carbocycles. The van der Waals surface area contributed by atoms with Gasteiger partial charge in [0, 0.05) is 27.6 Å². The second-order valence-corrected chi connectivity index (χ2v) is 4.12. The highest BCUT2D eigenvalue weighted by atomic mass is 15.3. The van der Waals surface area contributed by atoms with Gasteiger partial charge in [-0.2, -0.15) is 15.0 Å². The first-order chi connectivity index (χ1) is 7.02. The minimum atomic E-state index is 0.548. The fraction of sp³-hybridized carbons (Fsp3) is 0.700. The Kier molecular flexibility index (Phi) is 3.82. The first-order valence-electron chi connectivity index (χ1n) is 5.13. The number of hydrogen-bond donors (Lipinski definition) is 1. The summed E-state index contributed by atoms with van der Waals surface area (Å²) in [7, 11) is 5.66. The highest BCUT2D eigenvalue weighted by molar-refractivity contribution is 5.35. The Bertz CT molecular complexity index is 322. The standard InChI is InChI=1S/C10H19N5/c1-7(2)6-8-12-9(11-3)14-10(13-8)15(4)5/h7H,6H2,1-5H3,(H,11,12,13,14). The van der Waals surface area contributed by atoms with Crippen molar-refractivity contribution in [2.75, 3.05) is 31.4 Å². The maximum absolute atomic E-state index is 4.38. The van der Waals surface area contributed by atoms with E-state index in [1.165, 1.54) is 0 Å². The fourth-order valence-electron chi connectivity index (χ4n) is 1.18. The van der Waals surface area contributed by atoms with E-state index in [0.717, 1.165) is 12.2 Å². The maximum Gasteiger partial charge on any atom is 0.229 e. The summed E-state index contributed by atoms with van der Waals surface area (Å²) < 4.78 is 0. The van der Waals surface area contributed by atoms with Crippen LogP contribution in [0.3, 0.4) is 0 Å². The predicted molar refractivity (Wildman–Crippen MR) is 62.2 cm³/mol. The van der Waals surface area contributed by atoms with E-state index in [0.29, 0.717) is 17.8 Å². The molecular formula is C10H19N5. The molecule has 0 aliphatic carbocycles. The molecule has 0 saturated heterocycles. The molecule has 0 aliphatic heterocycles. The minimum absolute atomic E-state index is 0.548. The summed E-state index contributed by atoms with van der Waals surface area (Å²) in [5.41, 5.74) is 0. The van der Waals surface area contributed by atoms with E-state index in [9.17, 15) is 0 Å². The summed E-state index contributed by atoms with van der Waals surface area (Å²) in [6.07, 6.45) is 0.873. The smallest absolute Gasteiger partial charge is 0.229 e. The van der Waals surface area contributed by atoms with Crippen LogP contribution in [0, 0.1) is 5.92 Å². The molecule has 1 N–H and O–H groups in total. The van der Waals surface area contributed by atoms with Crippen LogP contribution < -0.4 is 10.2 Å². The molecule has 84 valence electrons. The highest BCUT2D eigenvalue weighted by Crippen LogP contribution is 2.10. The number of nitrogens with zero attached hydrogens (tertiary/aromatic N) is 4. The van der Waals surface area contributed by atoms with E-state index >= 15 is 0 Å². The summed E-state index contributed by atoms with van der Waals surface area (Å²) in [6, 6.07) is 0. The largest absolute Gasteiger partial charge is 0.357 e. The lowest BCUT2D eigenvalue weighted by Crippen LogP contribution is -2.16. The monoisotopic (exact) mass is 209 g/mol. The van der Waals surface area contributed by atoms with E-state index in [1.807, 2.05) is 26.0 Å². The molecule has 0 amide bonds. The molecule has 0 unspecified atom stereocenters. The van der Waals surface area contributed by atoms with Crippen LogP contribution in [0.1, 0.15) is 19.7 Å². The summed E-state index contributed by atoms with van der Waals surface area (Å²) in [5, 5.41) is 2.95. The molecular weight excluding hydrogens is 190 g/mol. The predicted octanol–water partition coefficient (Wildman–Crippen LogP) is 1.18. The Labute approximate surface area is 91.0 Å². The third kappa shape index (κ3) is 3.34. The molecule has 5 nitrogen and oxygen atoms in total. The SMILES string of the molecule is CNc1nc(CC(C)C)nc(N(C)C)n1. The Balaban J connectivity index is 3.00. The van der Waals surface area contributed by atoms with Crippen molar-refractivity contribution < 1.29 is 0 Å². The highest BCUT2D eigenvalue weighted by Gasteiger charge is 2.08. The molecule has 0 radical (unpaired) electrons. The Morgan fingerprint density at radius 2 is 1.87 bits per heavy atom. The average molecular weight is 209 g/mol. The van der Waals surface area contributed by atoms with Crippen LogP contribution in [0.5, 0.6) is 0 Å². The summed E-state index contributed by atoms with van der Waals surface area (Å²) in [5.74, 6) is 2.72. The second-order valence-electron chi connectivity index (χ2n) is 4.12. The van der Waals surface area contributed by atoms with Crippen molar-refractivity contribution in [1.82, 2.24) is 15.0 Å². The van der Waals surface area contributed by atoms with Gasteiger partial charge in [-0.3, -0.25) is 0 Å². The van der Waals surface area contributed by atoms with E-state index in [4.69, 9.17) is 0 Å². The van der Waals surface area contributed by atoms with Crippen LogP contribution in [0.2, 0.25) is 0 Å². The van der Waals surface area contributed by atoms with Gasteiger partial charge in [-0.25, -0.2) is 0 Å². The molecule has 1 heterocycles. The van der Waals surface area contributed by atoms with Gasteiger partial charge in [0.2, 0.25) is 11.9 Å². The van der Waals surface area contributed by atoms with Gasteiger partial charge in [0.25, 0.3) is 0 Å². The van der Waals surface area contributed by atoms with E-state index < -0.39 is 0 Å². The van der Waals surface area contributed by atoms with Gasteiger partial charge >= 0.3 is 0 Å². The Morgan fingerprint density at radius 3 is 2.33 bits per heavy atom. The minimum Gasteiger partial charge on any atom is -0.357 e. The third-order valence-electron chi connectivity index (χ3n) is 1.88. The lowest BCUT2D eigenvalue weighted by Gasteiger charge is -2.13. The van der Waals surface area contributed by atoms with Gasteiger partial charge in [-0.1, -0.05) is 13.8 Å². The number of aromatic nitrogens is 3. The topological polar surface area (TPSA) is 53.9 Å². The third-order valence-corrected chi connectivity index (χ3v) is 1.88. The molecule has 1 rings (SSSR count). The number of nitrogens with one attached hydrogen (secondary N) is 1. The Hall–Kier alpha value is -1.39. The Morgan fingerprint density at radius 1 is 1.20 bits per heavy atom. The van der Waals surface area contributed by atoms with E-state index in [2.05, 4.69) is 34.1 Å². The zero-order valence-corrected chi connectivity index (χ0v) is 10.1. The van der Waals surface area contributed by atoms with Crippen LogP contribution in [0.15, 0.2) is 0 Å². The van der Waals surface area contributed by atoms with Crippen molar-refractivity contribution in [3.8, 4) is 0 Å².